The Kier molecular flexibility index (Phi) is 5.75. The second kappa shape index (κ2) is 7.33. The van der Waals surface area contributed by atoms with E-state index < -0.39 is 12.0 Å². The van der Waals surface area contributed by atoms with Gasteiger partial charge in [-0.15, -0.1) is 6.58 Å². The first-order valence-electron chi connectivity index (χ1n) is 5.86. The van der Waals surface area contributed by atoms with E-state index in [9.17, 15) is 9.59 Å². The smallest absolute Gasteiger partial charge is 0.336 e. The fourth-order valence-corrected chi connectivity index (χ4v) is 1.39. The Labute approximate surface area is 112 Å². The molecule has 1 aromatic rings. The maximum atomic E-state index is 11.9. The largest absolute Gasteiger partial charge is 0.425 e. The van der Waals surface area contributed by atoms with Crippen LogP contribution in [0.3, 0.4) is 0 Å². The molecule has 0 radical (unpaired) electrons. The normalized spacial score (nSPS) is 11.5. The van der Waals surface area contributed by atoms with Crippen molar-refractivity contribution >= 4 is 11.9 Å². The first-order valence-corrected chi connectivity index (χ1v) is 5.86. The molecule has 102 valence electrons. The zero-order valence-electron chi connectivity index (χ0n) is 11.0. The van der Waals surface area contributed by atoms with Crippen LogP contribution in [0.2, 0.25) is 0 Å². The van der Waals surface area contributed by atoms with Gasteiger partial charge in [-0.3, -0.25) is 9.63 Å². The van der Waals surface area contributed by atoms with Gasteiger partial charge in [0.2, 0.25) is 5.91 Å². The zero-order valence-corrected chi connectivity index (χ0v) is 11.0. The fraction of sp³-hybridized carbons (Fsp3) is 0.286. The van der Waals surface area contributed by atoms with Crippen molar-refractivity contribution in [1.29, 1.82) is 0 Å². The van der Waals surface area contributed by atoms with Gasteiger partial charge in [-0.2, -0.15) is 0 Å². The molecule has 0 bridgehead atoms. The molecular weight excluding hydrogens is 246 g/mol. The van der Waals surface area contributed by atoms with Crippen molar-refractivity contribution in [2.75, 3.05) is 6.61 Å². The predicted molar refractivity (Wildman–Crippen MR) is 70.2 cm³/mol. The van der Waals surface area contributed by atoms with Crippen LogP contribution in [0.1, 0.15) is 13.8 Å². The number of ether oxygens (including phenoxy) is 1. The highest BCUT2D eigenvalue weighted by atomic mass is 16.7. The number of carbonyl (C=O) groups is 2. The molecule has 5 nitrogen and oxygen atoms in total. The van der Waals surface area contributed by atoms with Gasteiger partial charge in [0, 0.05) is 6.92 Å². The molecule has 1 atom stereocenters. The molecule has 19 heavy (non-hydrogen) atoms. The third-order valence-corrected chi connectivity index (χ3v) is 2.30. The summed E-state index contributed by atoms with van der Waals surface area (Å²) in [4.78, 5) is 28.4. The number of nitrogens with zero attached hydrogens (tertiary/aromatic N) is 1. The number of para-hydroxylation sites is 1. The molecule has 0 aromatic heterocycles. The molecule has 0 N–H and O–H groups in total. The van der Waals surface area contributed by atoms with E-state index in [4.69, 9.17) is 9.57 Å². The summed E-state index contributed by atoms with van der Waals surface area (Å²) in [6.07, 6.45) is 1.49. The summed E-state index contributed by atoms with van der Waals surface area (Å²) in [5.74, 6) is -0.517. The van der Waals surface area contributed by atoms with Crippen molar-refractivity contribution in [1.82, 2.24) is 5.06 Å². The summed E-state index contributed by atoms with van der Waals surface area (Å²) in [5.41, 5.74) is 0. The molecule has 0 fully saturated rings. The van der Waals surface area contributed by atoms with E-state index in [1.807, 2.05) is 6.07 Å². The van der Waals surface area contributed by atoms with Crippen LogP contribution in [0.25, 0.3) is 0 Å². The Morgan fingerprint density at radius 2 is 2.00 bits per heavy atom. The number of rotatable bonds is 6. The van der Waals surface area contributed by atoms with Gasteiger partial charge in [0.25, 0.3) is 0 Å². The maximum Gasteiger partial charge on any atom is 0.336 e. The minimum atomic E-state index is -0.836. The monoisotopic (exact) mass is 263 g/mol. The van der Waals surface area contributed by atoms with E-state index in [1.54, 1.807) is 24.3 Å². The molecule has 0 heterocycles. The summed E-state index contributed by atoms with van der Waals surface area (Å²) in [5, 5.41) is 0.979. The van der Waals surface area contributed by atoms with E-state index in [0.717, 1.165) is 5.06 Å². The van der Waals surface area contributed by atoms with Crippen LogP contribution in [0, 0.1) is 0 Å². The minimum Gasteiger partial charge on any atom is -0.425 e. The average molecular weight is 263 g/mol. The predicted octanol–water partition coefficient (Wildman–Crippen LogP) is 1.95. The van der Waals surface area contributed by atoms with Crippen molar-refractivity contribution in [3.05, 3.63) is 43.0 Å². The third-order valence-electron chi connectivity index (χ3n) is 2.30. The number of amides is 1. The third kappa shape index (κ3) is 4.56. The molecular formula is C14H17NO4. The van der Waals surface area contributed by atoms with Crippen LogP contribution >= 0.6 is 0 Å². The molecule has 5 heteroatoms. The van der Waals surface area contributed by atoms with E-state index in [1.165, 1.54) is 19.9 Å². The molecule has 0 saturated carbocycles. The fourth-order valence-electron chi connectivity index (χ4n) is 1.39. The summed E-state index contributed by atoms with van der Waals surface area (Å²) in [7, 11) is 0. The number of hydroxylamine groups is 2. The Morgan fingerprint density at radius 3 is 2.53 bits per heavy atom. The van der Waals surface area contributed by atoms with Crippen LogP contribution in [0.4, 0.5) is 0 Å². The number of carbonyl (C=O) groups excluding carboxylic acids is 2. The molecule has 0 aliphatic rings. The summed E-state index contributed by atoms with van der Waals surface area (Å²) in [6.45, 7) is 6.48. The number of hydrogen-bond acceptors (Lipinski definition) is 4. The van der Waals surface area contributed by atoms with Gasteiger partial charge < -0.3 is 4.74 Å². The van der Waals surface area contributed by atoms with Crippen molar-refractivity contribution in [2.45, 2.75) is 19.9 Å². The van der Waals surface area contributed by atoms with Gasteiger partial charge in [-0.05, 0) is 19.1 Å². The second-order valence-electron chi connectivity index (χ2n) is 3.84. The SMILES string of the molecule is C=CCON(C(C)=O)C(C)C(=O)Oc1ccccc1. The first kappa shape index (κ1) is 14.9. The standard InChI is InChI=1S/C14H17NO4/c1-4-10-18-15(12(3)16)11(2)14(17)19-13-8-6-5-7-9-13/h4-9,11H,1,10H2,2-3H3. The maximum absolute atomic E-state index is 11.9. The Hall–Kier alpha value is -2.14. The highest BCUT2D eigenvalue weighted by molar-refractivity contribution is 5.83. The summed E-state index contributed by atoms with van der Waals surface area (Å²) < 4.78 is 5.15. The van der Waals surface area contributed by atoms with Crippen LogP contribution in [0.15, 0.2) is 43.0 Å². The molecule has 0 spiro atoms. The van der Waals surface area contributed by atoms with E-state index in [-0.39, 0.29) is 12.5 Å². The first-order chi connectivity index (χ1) is 9.06. The van der Waals surface area contributed by atoms with Crippen molar-refractivity contribution in [2.24, 2.45) is 0 Å². The lowest BCUT2D eigenvalue weighted by atomic mass is 10.3. The van der Waals surface area contributed by atoms with Gasteiger partial charge in [0.05, 0.1) is 6.61 Å². The Bertz CT molecular complexity index is 444. The number of benzene rings is 1. The van der Waals surface area contributed by atoms with Crippen molar-refractivity contribution < 1.29 is 19.2 Å². The molecule has 0 saturated heterocycles. The van der Waals surface area contributed by atoms with Crippen molar-refractivity contribution in [3.63, 3.8) is 0 Å². The van der Waals surface area contributed by atoms with Gasteiger partial charge in [-0.1, -0.05) is 24.3 Å². The number of esters is 1. The highest BCUT2D eigenvalue weighted by Crippen LogP contribution is 2.11. The van der Waals surface area contributed by atoms with Crippen LogP contribution in [-0.4, -0.2) is 29.6 Å². The van der Waals surface area contributed by atoms with Gasteiger partial charge in [0.15, 0.2) is 6.04 Å². The molecule has 1 amide bonds. The van der Waals surface area contributed by atoms with E-state index in [2.05, 4.69) is 6.58 Å². The summed E-state index contributed by atoms with van der Waals surface area (Å²) >= 11 is 0. The average Bonchev–Trinajstić information content (AvgIpc) is 2.39. The molecule has 0 aliphatic carbocycles. The second-order valence-corrected chi connectivity index (χ2v) is 3.84. The molecule has 0 aliphatic heterocycles. The lowest BCUT2D eigenvalue weighted by Crippen LogP contribution is -2.44. The topological polar surface area (TPSA) is 55.8 Å². The zero-order chi connectivity index (χ0) is 14.3. The van der Waals surface area contributed by atoms with Crippen LogP contribution in [-0.2, 0) is 14.4 Å². The minimum absolute atomic E-state index is 0.141. The van der Waals surface area contributed by atoms with Gasteiger partial charge in [0.1, 0.15) is 5.75 Å². The highest BCUT2D eigenvalue weighted by Gasteiger charge is 2.26. The molecule has 1 aromatic carbocycles. The van der Waals surface area contributed by atoms with Crippen LogP contribution in [0.5, 0.6) is 5.75 Å². The quantitative estimate of drug-likeness (QED) is 0.341. The van der Waals surface area contributed by atoms with E-state index >= 15 is 0 Å². The lowest BCUT2D eigenvalue weighted by Gasteiger charge is -2.24. The number of hydrogen-bond donors (Lipinski definition) is 0. The van der Waals surface area contributed by atoms with Crippen molar-refractivity contribution in [3.8, 4) is 5.75 Å². The van der Waals surface area contributed by atoms with Gasteiger partial charge >= 0.3 is 5.97 Å². The van der Waals surface area contributed by atoms with E-state index in [0.29, 0.717) is 5.75 Å². The molecule has 1 unspecified atom stereocenters. The van der Waals surface area contributed by atoms with Gasteiger partial charge in [-0.25, -0.2) is 9.86 Å². The Balaban J connectivity index is 2.68. The Morgan fingerprint density at radius 1 is 1.37 bits per heavy atom. The molecule has 1 rings (SSSR count). The van der Waals surface area contributed by atoms with Crippen LogP contribution < -0.4 is 4.74 Å². The lowest BCUT2D eigenvalue weighted by molar-refractivity contribution is -0.197. The summed E-state index contributed by atoms with van der Waals surface area (Å²) in [6, 6.07) is 7.81.